The van der Waals surface area contributed by atoms with E-state index in [0.717, 1.165) is 23.4 Å². The number of carbonyl (C=O) groups is 2. The van der Waals surface area contributed by atoms with E-state index in [9.17, 15) is 22.8 Å². The minimum atomic E-state index is -4.86. The number of halogens is 3. The van der Waals surface area contributed by atoms with Crippen molar-refractivity contribution in [1.29, 1.82) is 0 Å². The van der Waals surface area contributed by atoms with E-state index in [2.05, 4.69) is 25.1 Å². The topological polar surface area (TPSA) is 106 Å². The lowest BCUT2D eigenvalue weighted by Crippen LogP contribution is -2.34. The molecular formula is C25H22F3N5O4S. The SMILES string of the molecule is CCC1SC(=O)N(Cc2ccc(NC(=O)c3cnccn3)cc2)N=C1c1ccc(OC(F)(F)F)c(OC)c1. The summed E-state index contributed by atoms with van der Waals surface area (Å²) in [6, 6.07) is 10.9. The molecule has 3 aromatic rings. The van der Waals surface area contributed by atoms with Crippen molar-refractivity contribution in [2.75, 3.05) is 12.4 Å². The molecule has 9 nitrogen and oxygen atoms in total. The quantitative estimate of drug-likeness (QED) is 0.399. The van der Waals surface area contributed by atoms with Gasteiger partial charge in [0, 0.05) is 23.6 Å². The fourth-order valence-corrected chi connectivity index (χ4v) is 4.54. The van der Waals surface area contributed by atoms with Crippen LogP contribution in [0.15, 0.2) is 66.2 Å². The number of hydrazone groups is 1. The Balaban J connectivity index is 1.53. The molecule has 4 rings (SSSR count). The summed E-state index contributed by atoms with van der Waals surface area (Å²) in [5, 5.41) is 8.01. The van der Waals surface area contributed by atoms with Crippen molar-refractivity contribution in [1.82, 2.24) is 15.0 Å². The van der Waals surface area contributed by atoms with E-state index in [0.29, 0.717) is 23.4 Å². The molecule has 1 aliphatic heterocycles. The van der Waals surface area contributed by atoms with Gasteiger partial charge in [0.1, 0.15) is 5.69 Å². The number of aromatic nitrogens is 2. The normalized spacial score (nSPS) is 15.6. The first kappa shape index (κ1) is 26.9. The first-order chi connectivity index (χ1) is 18.2. The summed E-state index contributed by atoms with van der Waals surface area (Å²) in [6.45, 7) is 2.04. The highest BCUT2D eigenvalue weighted by atomic mass is 32.2. The van der Waals surface area contributed by atoms with E-state index in [1.54, 1.807) is 24.3 Å². The first-order valence-corrected chi connectivity index (χ1v) is 12.2. The second-order valence-electron chi connectivity index (χ2n) is 7.98. The van der Waals surface area contributed by atoms with Gasteiger partial charge in [0.05, 0.1) is 30.8 Å². The third-order valence-corrected chi connectivity index (χ3v) is 6.64. The van der Waals surface area contributed by atoms with Gasteiger partial charge in [-0.25, -0.2) is 9.99 Å². The zero-order chi connectivity index (χ0) is 27.3. The standard InChI is InChI=1S/C25H22F3N5O4S/c1-3-21-22(16-6-9-19(20(12-16)36-2)37-25(26,27)28)32-33(24(35)38-21)14-15-4-7-17(8-5-15)31-23(34)18-13-29-10-11-30-18/h4-13,21H,3,14H2,1-2H3,(H,31,34). The second-order valence-corrected chi connectivity index (χ2v) is 9.13. The van der Waals surface area contributed by atoms with Crippen molar-refractivity contribution < 1.29 is 32.2 Å². The molecule has 13 heteroatoms. The van der Waals surface area contributed by atoms with Crippen LogP contribution in [-0.4, -0.2) is 50.6 Å². The van der Waals surface area contributed by atoms with Crippen LogP contribution < -0.4 is 14.8 Å². The van der Waals surface area contributed by atoms with Crippen LogP contribution in [0.25, 0.3) is 0 Å². The Labute approximate surface area is 220 Å². The number of anilines is 1. The van der Waals surface area contributed by atoms with Gasteiger partial charge in [-0.2, -0.15) is 5.10 Å². The Hall–Kier alpha value is -4.13. The molecule has 0 aliphatic carbocycles. The van der Waals surface area contributed by atoms with E-state index in [1.165, 1.54) is 42.8 Å². The number of alkyl halides is 3. The molecule has 2 amide bonds. The predicted molar refractivity (Wildman–Crippen MR) is 135 cm³/mol. The molecule has 0 fully saturated rings. The highest BCUT2D eigenvalue weighted by Crippen LogP contribution is 2.36. The van der Waals surface area contributed by atoms with E-state index in [4.69, 9.17) is 4.74 Å². The van der Waals surface area contributed by atoms with Crippen LogP contribution in [0.1, 0.15) is 35.0 Å². The Bertz CT molecular complexity index is 1340. The number of nitrogens with one attached hydrogen (secondary N) is 1. The second kappa shape index (κ2) is 11.5. The van der Waals surface area contributed by atoms with E-state index in [1.807, 2.05) is 6.92 Å². The number of ether oxygens (including phenoxy) is 2. The maximum absolute atomic E-state index is 12.8. The van der Waals surface area contributed by atoms with E-state index >= 15 is 0 Å². The lowest BCUT2D eigenvalue weighted by molar-refractivity contribution is -0.275. The zero-order valence-corrected chi connectivity index (χ0v) is 21.0. The van der Waals surface area contributed by atoms with Crippen molar-refractivity contribution in [3.05, 3.63) is 77.9 Å². The van der Waals surface area contributed by atoms with Gasteiger partial charge >= 0.3 is 11.6 Å². The number of hydrogen-bond acceptors (Lipinski definition) is 8. The Morgan fingerprint density at radius 3 is 2.53 bits per heavy atom. The molecule has 1 unspecified atom stereocenters. The van der Waals surface area contributed by atoms with Crippen LogP contribution in [0.2, 0.25) is 0 Å². The number of benzene rings is 2. The van der Waals surface area contributed by atoms with Crippen LogP contribution in [0.3, 0.4) is 0 Å². The maximum atomic E-state index is 12.8. The van der Waals surface area contributed by atoms with Crippen molar-refractivity contribution in [3.8, 4) is 11.5 Å². The summed E-state index contributed by atoms with van der Waals surface area (Å²) < 4.78 is 47.3. The number of methoxy groups -OCH3 is 1. The average Bonchev–Trinajstić information content (AvgIpc) is 2.90. The zero-order valence-electron chi connectivity index (χ0n) is 20.2. The fourth-order valence-electron chi connectivity index (χ4n) is 3.61. The van der Waals surface area contributed by atoms with Gasteiger partial charge in [-0.3, -0.25) is 14.6 Å². The summed E-state index contributed by atoms with van der Waals surface area (Å²) in [4.78, 5) is 32.9. The lowest BCUT2D eigenvalue weighted by atomic mass is 10.0. The molecule has 0 radical (unpaired) electrons. The molecular weight excluding hydrogens is 523 g/mol. The molecule has 1 N–H and O–H groups in total. The van der Waals surface area contributed by atoms with Crippen LogP contribution in [0.5, 0.6) is 11.5 Å². The van der Waals surface area contributed by atoms with Gasteiger partial charge < -0.3 is 14.8 Å². The molecule has 198 valence electrons. The molecule has 1 aliphatic rings. The monoisotopic (exact) mass is 545 g/mol. The maximum Gasteiger partial charge on any atom is 0.573 e. The lowest BCUT2D eigenvalue weighted by Gasteiger charge is -2.28. The van der Waals surface area contributed by atoms with Crippen LogP contribution in [0, 0.1) is 0 Å². The van der Waals surface area contributed by atoms with E-state index < -0.39 is 18.0 Å². The molecule has 38 heavy (non-hydrogen) atoms. The van der Waals surface area contributed by atoms with Crippen molar-refractivity contribution in [2.24, 2.45) is 5.10 Å². The third kappa shape index (κ3) is 6.59. The number of rotatable bonds is 8. The Morgan fingerprint density at radius 2 is 1.89 bits per heavy atom. The molecule has 0 bridgehead atoms. The van der Waals surface area contributed by atoms with Crippen LogP contribution >= 0.6 is 11.8 Å². The molecule has 2 aromatic carbocycles. The van der Waals surface area contributed by atoms with Crippen molar-refractivity contribution in [2.45, 2.75) is 31.5 Å². The van der Waals surface area contributed by atoms with Gasteiger partial charge in [-0.1, -0.05) is 30.8 Å². The fraction of sp³-hybridized carbons (Fsp3) is 0.240. The first-order valence-electron chi connectivity index (χ1n) is 11.3. The highest BCUT2D eigenvalue weighted by Gasteiger charge is 2.34. The highest BCUT2D eigenvalue weighted by molar-refractivity contribution is 8.14. The van der Waals surface area contributed by atoms with Crippen LogP contribution in [-0.2, 0) is 6.54 Å². The number of carbonyl (C=O) groups excluding carboxylic acids is 2. The Kier molecular flexibility index (Phi) is 8.15. The molecule has 0 saturated heterocycles. The average molecular weight is 546 g/mol. The smallest absolute Gasteiger partial charge is 0.493 e. The summed E-state index contributed by atoms with van der Waals surface area (Å²) >= 11 is 1.09. The Morgan fingerprint density at radius 1 is 1.13 bits per heavy atom. The van der Waals surface area contributed by atoms with Gasteiger partial charge in [0.2, 0.25) is 0 Å². The van der Waals surface area contributed by atoms with Gasteiger partial charge in [0.15, 0.2) is 11.5 Å². The number of thioether (sulfide) groups is 1. The molecule has 0 saturated carbocycles. The number of nitrogens with zero attached hydrogens (tertiary/aromatic N) is 4. The largest absolute Gasteiger partial charge is 0.573 e. The van der Waals surface area contributed by atoms with Crippen LogP contribution in [0.4, 0.5) is 23.7 Å². The summed E-state index contributed by atoms with van der Waals surface area (Å²) in [5.74, 6) is -0.986. The molecule has 2 heterocycles. The number of amides is 2. The summed E-state index contributed by atoms with van der Waals surface area (Å²) in [6.07, 6.45) is -0.0436. The molecule has 1 atom stereocenters. The minimum Gasteiger partial charge on any atom is -0.493 e. The minimum absolute atomic E-state index is 0.107. The summed E-state index contributed by atoms with van der Waals surface area (Å²) in [7, 11) is 1.24. The summed E-state index contributed by atoms with van der Waals surface area (Å²) in [5.41, 5.74) is 2.50. The molecule has 0 spiro atoms. The van der Waals surface area contributed by atoms with E-state index in [-0.39, 0.29) is 28.5 Å². The van der Waals surface area contributed by atoms with Crippen molar-refractivity contribution >= 4 is 34.3 Å². The van der Waals surface area contributed by atoms with Crippen molar-refractivity contribution in [3.63, 3.8) is 0 Å². The third-order valence-electron chi connectivity index (χ3n) is 5.38. The molecule has 1 aromatic heterocycles. The number of hydrogen-bond donors (Lipinski definition) is 1. The van der Waals surface area contributed by atoms with Gasteiger partial charge in [0.25, 0.3) is 5.91 Å². The van der Waals surface area contributed by atoms with Gasteiger partial charge in [-0.05, 0) is 42.3 Å². The predicted octanol–water partition coefficient (Wildman–Crippen LogP) is 5.49. The van der Waals surface area contributed by atoms with Gasteiger partial charge in [-0.15, -0.1) is 13.2 Å².